The summed E-state index contributed by atoms with van der Waals surface area (Å²) in [5.41, 5.74) is 3.32. The molecule has 1 heterocycles. The highest BCUT2D eigenvalue weighted by Gasteiger charge is 2.31. The molecule has 164 valence electrons. The minimum atomic E-state index is -1.51. The molecule has 32 heavy (non-hydrogen) atoms. The van der Waals surface area contributed by atoms with Gasteiger partial charge in [-0.15, -0.1) is 0 Å². The molecule has 0 aromatic heterocycles. The topological polar surface area (TPSA) is 71.0 Å². The standard InChI is InChI=1S/C24H22FN3O3S/c1-16(29)28-24(18-5-11-21(31-2)12-6-18)15-23(26-28)17-3-9-20(10-4-17)27-32(30)22-13-7-19(25)8-14-22/h3-14,24,27H,15H2,1-2H3. The maximum Gasteiger partial charge on any atom is 0.240 e. The van der Waals surface area contributed by atoms with Gasteiger partial charge in [0.15, 0.2) is 0 Å². The van der Waals surface area contributed by atoms with Crippen LogP contribution in [0.5, 0.6) is 5.75 Å². The van der Waals surface area contributed by atoms with Crippen molar-refractivity contribution in [3.63, 3.8) is 0 Å². The first kappa shape index (κ1) is 21.7. The van der Waals surface area contributed by atoms with Crippen molar-refractivity contribution in [3.05, 3.63) is 89.7 Å². The zero-order chi connectivity index (χ0) is 22.7. The smallest absolute Gasteiger partial charge is 0.240 e. The fourth-order valence-corrected chi connectivity index (χ4v) is 4.37. The molecule has 1 aliphatic heterocycles. The first-order valence-corrected chi connectivity index (χ1v) is 11.2. The van der Waals surface area contributed by atoms with Crippen molar-refractivity contribution in [1.82, 2.24) is 5.01 Å². The van der Waals surface area contributed by atoms with Crippen molar-refractivity contribution in [2.45, 2.75) is 24.3 Å². The van der Waals surface area contributed by atoms with Crippen molar-refractivity contribution in [2.75, 3.05) is 11.8 Å². The first-order valence-electron chi connectivity index (χ1n) is 10.0. The Hall–Kier alpha value is -3.52. The number of carbonyl (C=O) groups excluding carboxylic acids is 1. The third-order valence-electron chi connectivity index (χ3n) is 5.19. The van der Waals surface area contributed by atoms with Crippen LogP contribution in [0.4, 0.5) is 10.1 Å². The molecule has 0 radical (unpaired) electrons. The van der Waals surface area contributed by atoms with Gasteiger partial charge in [0, 0.05) is 19.0 Å². The Morgan fingerprint density at radius 3 is 2.31 bits per heavy atom. The molecule has 0 spiro atoms. The Balaban J connectivity index is 1.49. The number of rotatable bonds is 6. The Morgan fingerprint density at radius 1 is 1.06 bits per heavy atom. The van der Waals surface area contributed by atoms with E-state index < -0.39 is 11.0 Å². The molecule has 1 N–H and O–H groups in total. The van der Waals surface area contributed by atoms with E-state index in [1.807, 2.05) is 36.4 Å². The van der Waals surface area contributed by atoms with E-state index in [1.54, 1.807) is 19.2 Å². The van der Waals surface area contributed by atoms with Crippen LogP contribution in [-0.2, 0) is 15.8 Å². The van der Waals surface area contributed by atoms with Gasteiger partial charge in [0.1, 0.15) is 22.6 Å². The van der Waals surface area contributed by atoms with Gasteiger partial charge in [-0.3, -0.25) is 4.79 Å². The quantitative estimate of drug-likeness (QED) is 0.592. The molecule has 2 unspecified atom stereocenters. The minimum Gasteiger partial charge on any atom is -0.497 e. The van der Waals surface area contributed by atoms with Gasteiger partial charge in [-0.05, 0) is 59.7 Å². The predicted molar refractivity (Wildman–Crippen MR) is 122 cm³/mol. The van der Waals surface area contributed by atoms with Crippen molar-refractivity contribution in [2.24, 2.45) is 5.10 Å². The predicted octanol–water partition coefficient (Wildman–Crippen LogP) is 4.67. The number of halogens is 1. The number of anilines is 1. The van der Waals surface area contributed by atoms with Gasteiger partial charge >= 0.3 is 0 Å². The molecule has 0 fully saturated rings. The molecule has 6 nitrogen and oxygen atoms in total. The van der Waals surface area contributed by atoms with E-state index in [-0.39, 0.29) is 17.8 Å². The second-order valence-electron chi connectivity index (χ2n) is 7.31. The summed E-state index contributed by atoms with van der Waals surface area (Å²) in [5.74, 6) is 0.247. The van der Waals surface area contributed by atoms with Crippen LogP contribution >= 0.6 is 0 Å². The minimum absolute atomic E-state index is 0.131. The van der Waals surface area contributed by atoms with Crippen LogP contribution in [0.1, 0.15) is 30.5 Å². The zero-order valence-corrected chi connectivity index (χ0v) is 18.4. The second kappa shape index (κ2) is 9.32. The summed E-state index contributed by atoms with van der Waals surface area (Å²) < 4.78 is 33.6. The second-order valence-corrected chi connectivity index (χ2v) is 8.52. The summed E-state index contributed by atoms with van der Waals surface area (Å²) >= 11 is 0. The van der Waals surface area contributed by atoms with Gasteiger partial charge < -0.3 is 9.46 Å². The van der Waals surface area contributed by atoms with Gasteiger partial charge in [0.05, 0.1) is 23.8 Å². The summed E-state index contributed by atoms with van der Waals surface area (Å²) in [6.07, 6.45) is 0.584. The lowest BCUT2D eigenvalue weighted by Gasteiger charge is -2.20. The van der Waals surface area contributed by atoms with Crippen LogP contribution in [0.25, 0.3) is 0 Å². The normalized spacial score (nSPS) is 16.4. The van der Waals surface area contributed by atoms with Crippen molar-refractivity contribution >= 4 is 28.3 Å². The fourth-order valence-electron chi connectivity index (χ4n) is 3.52. The number of hydrogen-bond acceptors (Lipinski definition) is 4. The van der Waals surface area contributed by atoms with Crippen LogP contribution in [0.3, 0.4) is 0 Å². The molecule has 1 amide bonds. The van der Waals surface area contributed by atoms with E-state index in [0.29, 0.717) is 17.0 Å². The molecule has 3 aromatic rings. The average molecular weight is 452 g/mol. The van der Waals surface area contributed by atoms with E-state index in [2.05, 4.69) is 9.82 Å². The fraction of sp³-hybridized carbons (Fsp3) is 0.167. The molecular weight excluding hydrogens is 429 g/mol. The monoisotopic (exact) mass is 451 g/mol. The van der Waals surface area contributed by atoms with Gasteiger partial charge in [-0.1, -0.05) is 24.3 Å². The van der Waals surface area contributed by atoms with Crippen LogP contribution in [0.2, 0.25) is 0 Å². The van der Waals surface area contributed by atoms with E-state index in [9.17, 15) is 13.4 Å². The van der Waals surface area contributed by atoms with Crippen molar-refractivity contribution in [1.29, 1.82) is 0 Å². The molecule has 4 rings (SSSR count). The summed E-state index contributed by atoms with van der Waals surface area (Å²) in [7, 11) is 0.106. The summed E-state index contributed by atoms with van der Waals surface area (Å²) in [6.45, 7) is 1.50. The van der Waals surface area contributed by atoms with Crippen LogP contribution in [-0.4, -0.2) is 27.9 Å². The molecule has 0 bridgehead atoms. The SMILES string of the molecule is COc1ccc(C2CC(c3ccc(NS(=O)c4ccc(F)cc4)cc3)=NN2C(C)=O)cc1. The Labute approximate surface area is 188 Å². The summed E-state index contributed by atoms with van der Waals surface area (Å²) in [6, 6.07) is 20.3. The largest absolute Gasteiger partial charge is 0.497 e. The van der Waals surface area contributed by atoms with Gasteiger partial charge in [0.25, 0.3) is 0 Å². The Bertz CT molecular complexity index is 1160. The number of amides is 1. The number of methoxy groups -OCH3 is 1. The van der Waals surface area contributed by atoms with E-state index >= 15 is 0 Å². The van der Waals surface area contributed by atoms with Crippen LogP contribution in [0, 0.1) is 5.82 Å². The molecule has 3 aromatic carbocycles. The number of hydrazone groups is 1. The lowest BCUT2D eigenvalue weighted by Crippen LogP contribution is -2.24. The van der Waals surface area contributed by atoms with Crippen LogP contribution < -0.4 is 9.46 Å². The maximum absolute atomic E-state index is 13.1. The highest BCUT2D eigenvalue weighted by Crippen LogP contribution is 2.33. The average Bonchev–Trinajstić information content (AvgIpc) is 3.26. The number of benzene rings is 3. The highest BCUT2D eigenvalue weighted by atomic mass is 32.2. The molecule has 0 saturated heterocycles. The van der Waals surface area contributed by atoms with Crippen molar-refractivity contribution < 1.29 is 18.1 Å². The van der Waals surface area contributed by atoms with Crippen molar-refractivity contribution in [3.8, 4) is 5.75 Å². The third kappa shape index (κ3) is 4.70. The Morgan fingerprint density at radius 2 is 1.72 bits per heavy atom. The molecular formula is C24H22FN3O3S. The summed E-state index contributed by atoms with van der Waals surface area (Å²) in [5, 5.41) is 6.06. The number of carbonyl (C=O) groups is 1. The van der Waals surface area contributed by atoms with E-state index in [4.69, 9.17) is 4.74 Å². The lowest BCUT2D eigenvalue weighted by molar-refractivity contribution is -0.130. The zero-order valence-electron chi connectivity index (χ0n) is 17.6. The van der Waals surface area contributed by atoms with E-state index in [0.717, 1.165) is 22.6 Å². The molecule has 0 aliphatic carbocycles. The summed E-state index contributed by atoms with van der Waals surface area (Å²) in [4.78, 5) is 12.7. The molecule has 8 heteroatoms. The lowest BCUT2D eigenvalue weighted by atomic mass is 9.98. The number of ether oxygens (including phenoxy) is 1. The van der Waals surface area contributed by atoms with Gasteiger partial charge in [0.2, 0.25) is 5.91 Å². The number of nitrogens with zero attached hydrogens (tertiary/aromatic N) is 2. The number of hydrogen-bond donors (Lipinski definition) is 1. The van der Waals surface area contributed by atoms with E-state index in [1.165, 1.54) is 36.2 Å². The first-order chi connectivity index (χ1) is 15.4. The highest BCUT2D eigenvalue weighted by molar-refractivity contribution is 7.86. The van der Waals surface area contributed by atoms with Crippen LogP contribution in [0.15, 0.2) is 82.8 Å². The van der Waals surface area contributed by atoms with Gasteiger partial charge in [-0.25, -0.2) is 13.6 Å². The maximum atomic E-state index is 13.1. The Kier molecular flexibility index (Phi) is 6.32. The third-order valence-corrected chi connectivity index (χ3v) is 6.31. The molecule has 1 aliphatic rings. The van der Waals surface area contributed by atoms with Gasteiger partial charge in [-0.2, -0.15) is 5.10 Å². The molecule has 2 atom stereocenters. The molecule has 0 saturated carbocycles. The number of nitrogens with one attached hydrogen (secondary N) is 1.